The smallest absolute Gasteiger partial charge is 0.300 e. The first-order chi connectivity index (χ1) is 7.86. The zero-order chi connectivity index (χ0) is 11.0. The maximum absolute atomic E-state index is 9.79. The molecule has 0 aliphatic heterocycles. The Bertz CT molecular complexity index is 631. The molecule has 1 N–H and O–H groups in total. The van der Waals surface area contributed by atoms with Crippen LogP contribution in [0.2, 0.25) is 0 Å². The Hall–Kier alpha value is -2.36. The number of nitrogens with zero attached hydrogens (tertiary/aromatic N) is 3. The van der Waals surface area contributed by atoms with Crippen molar-refractivity contribution in [3.8, 4) is 11.7 Å². The number of rotatable bonds is 1. The molecule has 1 aromatic carbocycles. The van der Waals surface area contributed by atoms with Crippen LogP contribution in [-0.2, 0) is 0 Å². The molecule has 0 saturated heterocycles. The van der Waals surface area contributed by atoms with Gasteiger partial charge in [0.25, 0.3) is 0 Å². The first-order valence-electron chi connectivity index (χ1n) is 4.86. The lowest BCUT2D eigenvalue weighted by atomic mass is 10.3. The SMILES string of the molecule is Oc1nc2cc[c]nc2n1-c1ccccc1. The van der Waals surface area contributed by atoms with Gasteiger partial charge in [0.15, 0.2) is 5.65 Å². The average Bonchev–Trinajstić information content (AvgIpc) is 2.66. The van der Waals surface area contributed by atoms with Gasteiger partial charge in [-0.25, -0.2) is 9.55 Å². The van der Waals surface area contributed by atoms with E-state index in [9.17, 15) is 5.11 Å². The van der Waals surface area contributed by atoms with Crippen molar-refractivity contribution in [1.82, 2.24) is 14.5 Å². The van der Waals surface area contributed by atoms with Crippen LogP contribution in [0.4, 0.5) is 0 Å². The molecule has 0 bridgehead atoms. The third kappa shape index (κ3) is 1.24. The maximum Gasteiger partial charge on any atom is 0.300 e. The predicted molar refractivity (Wildman–Crippen MR) is 59.4 cm³/mol. The molecule has 2 aromatic heterocycles. The van der Waals surface area contributed by atoms with E-state index in [0.717, 1.165) is 5.69 Å². The van der Waals surface area contributed by atoms with Gasteiger partial charge >= 0.3 is 6.01 Å². The summed E-state index contributed by atoms with van der Waals surface area (Å²) in [4.78, 5) is 8.12. The Morgan fingerprint density at radius 3 is 2.75 bits per heavy atom. The number of para-hydroxylation sites is 1. The second-order valence-corrected chi connectivity index (χ2v) is 3.37. The minimum Gasteiger partial charge on any atom is -0.480 e. The van der Waals surface area contributed by atoms with Crippen LogP contribution < -0.4 is 0 Å². The molecule has 3 aromatic rings. The summed E-state index contributed by atoms with van der Waals surface area (Å²) in [6.45, 7) is 0. The number of fused-ring (bicyclic) bond motifs is 1. The molecule has 4 nitrogen and oxygen atoms in total. The van der Waals surface area contributed by atoms with Crippen LogP contribution >= 0.6 is 0 Å². The van der Waals surface area contributed by atoms with E-state index in [-0.39, 0.29) is 6.01 Å². The predicted octanol–water partition coefficient (Wildman–Crippen LogP) is 1.93. The summed E-state index contributed by atoms with van der Waals surface area (Å²) < 4.78 is 1.59. The molecule has 77 valence electrons. The highest BCUT2D eigenvalue weighted by Gasteiger charge is 2.11. The molecule has 0 saturated carbocycles. The summed E-state index contributed by atoms with van der Waals surface area (Å²) >= 11 is 0. The van der Waals surface area contributed by atoms with E-state index in [4.69, 9.17) is 0 Å². The lowest BCUT2D eigenvalue weighted by Gasteiger charge is -2.03. The van der Waals surface area contributed by atoms with Gasteiger partial charge in [-0.15, -0.1) is 0 Å². The summed E-state index contributed by atoms with van der Waals surface area (Å²) in [6.07, 6.45) is 2.74. The quantitative estimate of drug-likeness (QED) is 0.667. The number of aromatic nitrogens is 3. The summed E-state index contributed by atoms with van der Waals surface area (Å²) in [5.41, 5.74) is 2.08. The van der Waals surface area contributed by atoms with E-state index >= 15 is 0 Å². The number of imidazole rings is 1. The van der Waals surface area contributed by atoms with Crippen molar-refractivity contribution in [3.05, 3.63) is 48.7 Å². The second kappa shape index (κ2) is 3.34. The van der Waals surface area contributed by atoms with Gasteiger partial charge in [0.05, 0.1) is 11.9 Å². The number of benzene rings is 1. The molecular weight excluding hydrogens is 202 g/mol. The fourth-order valence-electron chi connectivity index (χ4n) is 1.67. The van der Waals surface area contributed by atoms with Crippen molar-refractivity contribution in [3.63, 3.8) is 0 Å². The van der Waals surface area contributed by atoms with Crippen LogP contribution in [-0.4, -0.2) is 19.6 Å². The van der Waals surface area contributed by atoms with Crippen LogP contribution in [0.25, 0.3) is 16.9 Å². The Kier molecular flexibility index (Phi) is 1.86. The number of hydrogen-bond donors (Lipinski definition) is 1. The van der Waals surface area contributed by atoms with Crippen molar-refractivity contribution in [1.29, 1.82) is 0 Å². The lowest BCUT2D eigenvalue weighted by molar-refractivity contribution is 0.425. The van der Waals surface area contributed by atoms with E-state index in [1.807, 2.05) is 30.3 Å². The third-order valence-corrected chi connectivity index (χ3v) is 2.36. The van der Waals surface area contributed by atoms with Crippen LogP contribution in [0, 0.1) is 6.20 Å². The van der Waals surface area contributed by atoms with Crippen LogP contribution in [0.1, 0.15) is 0 Å². The third-order valence-electron chi connectivity index (χ3n) is 2.36. The maximum atomic E-state index is 9.79. The molecule has 0 fully saturated rings. The normalized spacial score (nSPS) is 10.8. The van der Waals surface area contributed by atoms with Crippen LogP contribution in [0.15, 0.2) is 42.5 Å². The molecule has 0 atom stereocenters. The summed E-state index contributed by atoms with van der Waals surface area (Å²) in [5, 5.41) is 9.79. The molecule has 0 spiro atoms. The highest BCUT2D eigenvalue weighted by Crippen LogP contribution is 2.22. The molecule has 0 amide bonds. The van der Waals surface area contributed by atoms with Gasteiger partial charge in [-0.05, 0) is 24.3 Å². The summed E-state index contributed by atoms with van der Waals surface area (Å²) in [7, 11) is 0. The van der Waals surface area contributed by atoms with E-state index in [0.29, 0.717) is 11.2 Å². The summed E-state index contributed by atoms with van der Waals surface area (Å²) in [5.74, 6) is 0. The van der Waals surface area contributed by atoms with Gasteiger partial charge in [-0.2, -0.15) is 4.98 Å². The largest absolute Gasteiger partial charge is 0.480 e. The highest BCUT2D eigenvalue weighted by atomic mass is 16.3. The molecule has 0 aliphatic carbocycles. The van der Waals surface area contributed by atoms with Crippen molar-refractivity contribution in [2.75, 3.05) is 0 Å². The zero-order valence-electron chi connectivity index (χ0n) is 8.33. The molecule has 3 rings (SSSR count). The van der Waals surface area contributed by atoms with Gasteiger partial charge in [0.1, 0.15) is 5.52 Å². The van der Waals surface area contributed by atoms with Gasteiger partial charge in [0.2, 0.25) is 0 Å². The van der Waals surface area contributed by atoms with Gasteiger partial charge < -0.3 is 5.11 Å². The molecule has 1 radical (unpaired) electrons. The fourth-order valence-corrected chi connectivity index (χ4v) is 1.67. The molecule has 4 heteroatoms. The second-order valence-electron chi connectivity index (χ2n) is 3.37. The Labute approximate surface area is 91.8 Å². The van der Waals surface area contributed by atoms with Crippen molar-refractivity contribution >= 4 is 11.2 Å². The molecule has 0 aliphatic rings. The van der Waals surface area contributed by atoms with Crippen molar-refractivity contribution in [2.24, 2.45) is 0 Å². The average molecular weight is 210 g/mol. The Balaban J connectivity index is 2.35. The molecule has 0 unspecified atom stereocenters. The fraction of sp³-hybridized carbons (Fsp3) is 0. The van der Waals surface area contributed by atoms with Gasteiger partial charge in [-0.3, -0.25) is 0 Å². The topological polar surface area (TPSA) is 50.9 Å². The minimum atomic E-state index is -0.0618. The first-order valence-corrected chi connectivity index (χ1v) is 4.86. The Morgan fingerprint density at radius 1 is 1.12 bits per heavy atom. The summed E-state index contributed by atoms with van der Waals surface area (Å²) in [6, 6.07) is 12.9. The first kappa shape index (κ1) is 8.91. The van der Waals surface area contributed by atoms with E-state index in [2.05, 4.69) is 16.2 Å². The minimum absolute atomic E-state index is 0.0618. The van der Waals surface area contributed by atoms with E-state index in [1.165, 1.54) is 0 Å². The monoisotopic (exact) mass is 210 g/mol. The van der Waals surface area contributed by atoms with Crippen molar-refractivity contribution in [2.45, 2.75) is 0 Å². The van der Waals surface area contributed by atoms with E-state index in [1.54, 1.807) is 16.7 Å². The lowest BCUT2D eigenvalue weighted by Crippen LogP contribution is -1.94. The highest BCUT2D eigenvalue weighted by molar-refractivity contribution is 5.74. The number of aromatic hydroxyl groups is 1. The number of pyridine rings is 1. The van der Waals surface area contributed by atoms with E-state index < -0.39 is 0 Å². The zero-order valence-corrected chi connectivity index (χ0v) is 8.33. The standard InChI is InChI=1S/C12H8N3O/c16-12-14-10-7-4-8-13-11(10)15(12)9-5-2-1-3-6-9/h1-7H,(H,14,16). The molecule has 16 heavy (non-hydrogen) atoms. The number of hydrogen-bond acceptors (Lipinski definition) is 3. The molecule has 2 heterocycles. The molecular formula is C12H8N3O. The van der Waals surface area contributed by atoms with Gasteiger partial charge in [-0.1, -0.05) is 18.2 Å². The van der Waals surface area contributed by atoms with Crippen molar-refractivity contribution < 1.29 is 5.11 Å². The van der Waals surface area contributed by atoms with Crippen LogP contribution in [0.3, 0.4) is 0 Å². The van der Waals surface area contributed by atoms with Gasteiger partial charge in [0, 0.05) is 0 Å². The van der Waals surface area contributed by atoms with Crippen LogP contribution in [0.5, 0.6) is 6.01 Å². The Morgan fingerprint density at radius 2 is 1.94 bits per heavy atom.